The molecule has 1 aromatic rings. The number of rotatable bonds is 4. The summed E-state index contributed by atoms with van der Waals surface area (Å²) < 4.78 is 5.01. The molecule has 0 saturated carbocycles. The molecule has 0 unspecified atom stereocenters. The van der Waals surface area contributed by atoms with E-state index in [0.717, 1.165) is 5.56 Å². The van der Waals surface area contributed by atoms with Crippen LogP contribution in [0, 0.1) is 0 Å². The predicted molar refractivity (Wildman–Crippen MR) is 77.1 cm³/mol. The molecule has 5 heteroatoms. The van der Waals surface area contributed by atoms with E-state index in [9.17, 15) is 9.59 Å². The topological polar surface area (TPSA) is 67.4 Å². The van der Waals surface area contributed by atoms with E-state index in [1.165, 1.54) is 0 Å². The van der Waals surface area contributed by atoms with Crippen molar-refractivity contribution in [1.29, 1.82) is 0 Å². The predicted octanol–water partition coefficient (Wildman–Crippen LogP) is 2.22. The number of carbonyl (C=O) groups is 2. The number of carbonyl (C=O) groups excluding carboxylic acids is 2. The van der Waals surface area contributed by atoms with Crippen LogP contribution in [-0.4, -0.2) is 23.6 Å². The number of hydrogen-bond acceptors (Lipinski definition) is 3. The minimum Gasteiger partial charge on any atom is -0.436 e. The Kier molecular flexibility index (Phi) is 5.55. The van der Waals surface area contributed by atoms with Gasteiger partial charge in [-0.1, -0.05) is 30.3 Å². The van der Waals surface area contributed by atoms with Crippen molar-refractivity contribution in [2.45, 2.75) is 45.9 Å². The summed E-state index contributed by atoms with van der Waals surface area (Å²) in [7, 11) is 0. The van der Waals surface area contributed by atoms with Gasteiger partial charge in [-0.15, -0.1) is 0 Å². The highest BCUT2D eigenvalue weighted by Gasteiger charge is 2.20. The Hall–Kier alpha value is -2.04. The monoisotopic (exact) mass is 278 g/mol. The highest BCUT2D eigenvalue weighted by molar-refractivity contribution is 5.83. The Morgan fingerprint density at radius 3 is 2.35 bits per heavy atom. The van der Waals surface area contributed by atoms with E-state index in [4.69, 9.17) is 4.74 Å². The zero-order valence-electron chi connectivity index (χ0n) is 12.4. The average molecular weight is 278 g/mol. The molecule has 0 heterocycles. The maximum absolute atomic E-state index is 11.8. The van der Waals surface area contributed by atoms with Gasteiger partial charge in [0.25, 0.3) is 5.91 Å². The van der Waals surface area contributed by atoms with Crippen LogP contribution in [0.3, 0.4) is 0 Å². The van der Waals surface area contributed by atoms with Crippen molar-refractivity contribution in [3.05, 3.63) is 35.9 Å². The molecule has 5 nitrogen and oxygen atoms in total. The molecule has 0 aromatic heterocycles. The van der Waals surface area contributed by atoms with E-state index in [1.807, 2.05) is 51.1 Å². The number of alkyl carbamates (subject to hydrolysis) is 1. The van der Waals surface area contributed by atoms with Gasteiger partial charge in [0.1, 0.15) is 0 Å². The fraction of sp³-hybridized carbons (Fsp3) is 0.467. The fourth-order valence-corrected chi connectivity index (χ4v) is 1.48. The van der Waals surface area contributed by atoms with Crippen molar-refractivity contribution in [3.8, 4) is 0 Å². The molecule has 0 aliphatic carbocycles. The van der Waals surface area contributed by atoms with Gasteiger partial charge in [-0.3, -0.25) is 4.79 Å². The van der Waals surface area contributed by atoms with Gasteiger partial charge in [0, 0.05) is 12.1 Å². The molecule has 0 bridgehead atoms. The zero-order valence-corrected chi connectivity index (χ0v) is 12.4. The van der Waals surface area contributed by atoms with E-state index in [0.29, 0.717) is 6.54 Å². The summed E-state index contributed by atoms with van der Waals surface area (Å²) in [6.07, 6.45) is -1.43. The third-order valence-electron chi connectivity index (χ3n) is 2.44. The fourth-order valence-electron chi connectivity index (χ4n) is 1.48. The van der Waals surface area contributed by atoms with Crippen LogP contribution in [0.1, 0.15) is 33.3 Å². The van der Waals surface area contributed by atoms with Gasteiger partial charge in [-0.05, 0) is 33.3 Å². The molecule has 0 fully saturated rings. The van der Waals surface area contributed by atoms with Gasteiger partial charge >= 0.3 is 6.09 Å². The van der Waals surface area contributed by atoms with E-state index in [2.05, 4.69) is 10.6 Å². The molecule has 0 aliphatic rings. The van der Waals surface area contributed by atoms with Gasteiger partial charge in [-0.25, -0.2) is 4.79 Å². The molecule has 0 aliphatic heterocycles. The molecule has 0 saturated heterocycles. The normalized spacial score (nSPS) is 12.4. The van der Waals surface area contributed by atoms with Crippen LogP contribution in [0.4, 0.5) is 4.79 Å². The molecule has 1 aromatic carbocycles. The second kappa shape index (κ2) is 6.93. The SMILES string of the molecule is C[C@H](OC(=O)NC(C)(C)C)C(=O)NCc1ccccc1. The Labute approximate surface area is 119 Å². The molecular formula is C15H22N2O3. The van der Waals surface area contributed by atoms with E-state index >= 15 is 0 Å². The smallest absolute Gasteiger partial charge is 0.408 e. The number of hydrogen-bond donors (Lipinski definition) is 2. The Morgan fingerprint density at radius 2 is 1.80 bits per heavy atom. The van der Waals surface area contributed by atoms with Crippen molar-refractivity contribution in [2.24, 2.45) is 0 Å². The van der Waals surface area contributed by atoms with Crippen molar-refractivity contribution in [1.82, 2.24) is 10.6 Å². The Bertz CT molecular complexity index is 452. The van der Waals surface area contributed by atoms with E-state index < -0.39 is 17.7 Å². The Morgan fingerprint density at radius 1 is 1.20 bits per heavy atom. The third kappa shape index (κ3) is 6.22. The van der Waals surface area contributed by atoms with Crippen LogP contribution in [0.15, 0.2) is 30.3 Å². The third-order valence-corrected chi connectivity index (χ3v) is 2.44. The highest BCUT2D eigenvalue weighted by atomic mass is 16.6. The first kappa shape index (κ1) is 16.0. The summed E-state index contributed by atoms with van der Waals surface area (Å²) in [5.74, 6) is -0.321. The summed E-state index contributed by atoms with van der Waals surface area (Å²) in [4.78, 5) is 23.3. The largest absolute Gasteiger partial charge is 0.436 e. The molecule has 1 atom stereocenters. The van der Waals surface area contributed by atoms with Crippen LogP contribution in [0.5, 0.6) is 0 Å². The van der Waals surface area contributed by atoms with Crippen molar-refractivity contribution >= 4 is 12.0 Å². The van der Waals surface area contributed by atoms with Crippen molar-refractivity contribution in [2.75, 3.05) is 0 Å². The molecule has 20 heavy (non-hydrogen) atoms. The van der Waals surface area contributed by atoms with Crippen LogP contribution >= 0.6 is 0 Å². The maximum Gasteiger partial charge on any atom is 0.408 e. The van der Waals surface area contributed by atoms with Gasteiger partial charge in [0.05, 0.1) is 0 Å². The highest BCUT2D eigenvalue weighted by Crippen LogP contribution is 2.02. The zero-order chi connectivity index (χ0) is 15.2. The lowest BCUT2D eigenvalue weighted by Crippen LogP contribution is -2.44. The minimum atomic E-state index is -0.832. The number of ether oxygens (including phenoxy) is 1. The average Bonchev–Trinajstić information content (AvgIpc) is 2.34. The molecule has 2 N–H and O–H groups in total. The van der Waals surface area contributed by atoms with E-state index in [1.54, 1.807) is 6.92 Å². The summed E-state index contributed by atoms with van der Waals surface area (Å²) in [5.41, 5.74) is 0.601. The summed E-state index contributed by atoms with van der Waals surface area (Å²) in [6.45, 7) is 7.48. The van der Waals surface area contributed by atoms with E-state index in [-0.39, 0.29) is 5.91 Å². The molecule has 110 valence electrons. The lowest BCUT2D eigenvalue weighted by atomic mass is 10.1. The quantitative estimate of drug-likeness (QED) is 0.887. The first-order valence-corrected chi connectivity index (χ1v) is 6.58. The van der Waals surface area contributed by atoms with Gasteiger partial charge < -0.3 is 15.4 Å². The first-order valence-electron chi connectivity index (χ1n) is 6.58. The summed E-state index contributed by atoms with van der Waals surface area (Å²) >= 11 is 0. The summed E-state index contributed by atoms with van der Waals surface area (Å²) in [5, 5.41) is 5.36. The van der Waals surface area contributed by atoms with Gasteiger partial charge in [-0.2, -0.15) is 0 Å². The number of nitrogens with one attached hydrogen (secondary N) is 2. The van der Waals surface area contributed by atoms with Crippen molar-refractivity contribution in [3.63, 3.8) is 0 Å². The lowest BCUT2D eigenvalue weighted by Gasteiger charge is -2.21. The lowest BCUT2D eigenvalue weighted by molar-refractivity contribution is -0.128. The maximum atomic E-state index is 11.8. The summed E-state index contributed by atoms with van der Waals surface area (Å²) in [6, 6.07) is 9.54. The van der Waals surface area contributed by atoms with Crippen LogP contribution in [0.2, 0.25) is 0 Å². The second-order valence-corrected chi connectivity index (χ2v) is 5.63. The molecule has 0 radical (unpaired) electrons. The second-order valence-electron chi connectivity index (χ2n) is 5.63. The minimum absolute atomic E-state index is 0.321. The van der Waals surface area contributed by atoms with Crippen LogP contribution in [-0.2, 0) is 16.1 Å². The Balaban J connectivity index is 2.38. The molecular weight excluding hydrogens is 256 g/mol. The standard InChI is InChI=1S/C15H22N2O3/c1-11(20-14(19)17-15(2,3)4)13(18)16-10-12-8-6-5-7-9-12/h5-9,11H,10H2,1-4H3,(H,16,18)(H,17,19)/t11-/m0/s1. The molecule has 1 rings (SSSR count). The van der Waals surface area contributed by atoms with Crippen molar-refractivity contribution < 1.29 is 14.3 Å². The molecule has 2 amide bonds. The number of benzene rings is 1. The van der Waals surface area contributed by atoms with Gasteiger partial charge in [0.15, 0.2) is 6.10 Å². The van der Waals surface area contributed by atoms with Gasteiger partial charge in [0.2, 0.25) is 0 Å². The van der Waals surface area contributed by atoms with Crippen LogP contribution in [0.25, 0.3) is 0 Å². The molecule has 0 spiro atoms. The first-order chi connectivity index (χ1) is 9.28. The van der Waals surface area contributed by atoms with Crippen LogP contribution < -0.4 is 10.6 Å². The number of amides is 2.